The molecule has 1 atom stereocenters. The van der Waals surface area contributed by atoms with Crippen molar-refractivity contribution in [2.24, 2.45) is 5.92 Å². The molecule has 0 saturated heterocycles. The van der Waals surface area contributed by atoms with Crippen LogP contribution in [-0.2, 0) is 9.59 Å². The Labute approximate surface area is 126 Å². The number of rotatable bonds is 9. The standard InChI is InChI=1S/C14H27N3O4/c1-5-17(9-12(18)16-10(2)3)14(21)15-8-11(4)6-7-13(19)20/h10-11H,5-9H2,1-4H3,(H,15,21)(H,16,18)(H,19,20). The monoisotopic (exact) mass is 301 g/mol. The van der Waals surface area contributed by atoms with Gasteiger partial charge in [0.25, 0.3) is 0 Å². The number of carboxylic acids is 1. The van der Waals surface area contributed by atoms with E-state index >= 15 is 0 Å². The Kier molecular flexibility index (Phi) is 9.16. The summed E-state index contributed by atoms with van der Waals surface area (Å²) in [5.74, 6) is -0.956. The van der Waals surface area contributed by atoms with Crippen LogP contribution in [0.15, 0.2) is 0 Å². The van der Waals surface area contributed by atoms with E-state index in [0.717, 1.165) is 0 Å². The van der Waals surface area contributed by atoms with E-state index in [1.165, 1.54) is 4.90 Å². The van der Waals surface area contributed by atoms with Crippen LogP contribution < -0.4 is 10.6 Å². The number of likely N-dealkylation sites (N-methyl/N-ethyl adjacent to an activating group) is 1. The molecule has 0 saturated carbocycles. The lowest BCUT2D eigenvalue weighted by Gasteiger charge is -2.22. The SMILES string of the molecule is CCN(CC(=O)NC(C)C)C(=O)NCC(C)CCC(=O)O. The molecule has 0 rings (SSSR count). The Bertz CT molecular complexity index is 358. The minimum absolute atomic E-state index is 0.0179. The summed E-state index contributed by atoms with van der Waals surface area (Å²) in [5, 5.41) is 14.1. The summed E-state index contributed by atoms with van der Waals surface area (Å²) >= 11 is 0. The molecule has 0 bridgehead atoms. The van der Waals surface area contributed by atoms with Gasteiger partial charge in [-0.05, 0) is 33.1 Å². The molecule has 0 spiro atoms. The normalized spacial score (nSPS) is 11.9. The zero-order chi connectivity index (χ0) is 16.4. The van der Waals surface area contributed by atoms with E-state index in [4.69, 9.17) is 5.11 Å². The highest BCUT2D eigenvalue weighted by Gasteiger charge is 2.16. The molecule has 7 nitrogen and oxygen atoms in total. The van der Waals surface area contributed by atoms with E-state index in [0.29, 0.717) is 19.5 Å². The summed E-state index contributed by atoms with van der Waals surface area (Å²) < 4.78 is 0. The van der Waals surface area contributed by atoms with E-state index in [1.54, 1.807) is 6.92 Å². The number of urea groups is 1. The van der Waals surface area contributed by atoms with Gasteiger partial charge < -0.3 is 20.6 Å². The highest BCUT2D eigenvalue weighted by molar-refractivity contribution is 5.84. The number of carboxylic acid groups (broad SMARTS) is 1. The molecule has 122 valence electrons. The summed E-state index contributed by atoms with van der Waals surface area (Å²) in [6, 6.07) is -0.270. The van der Waals surface area contributed by atoms with Crippen LogP contribution in [0.4, 0.5) is 4.79 Å². The molecule has 0 heterocycles. The first kappa shape index (κ1) is 19.2. The van der Waals surface area contributed by atoms with Crippen LogP contribution in [0.2, 0.25) is 0 Å². The molecule has 1 unspecified atom stereocenters. The maximum absolute atomic E-state index is 12.0. The van der Waals surface area contributed by atoms with Crippen LogP contribution >= 0.6 is 0 Å². The molecule has 7 heteroatoms. The van der Waals surface area contributed by atoms with Crippen LogP contribution in [0.1, 0.15) is 40.5 Å². The fraction of sp³-hybridized carbons (Fsp3) is 0.786. The van der Waals surface area contributed by atoms with Crippen LogP contribution in [0.3, 0.4) is 0 Å². The van der Waals surface area contributed by atoms with Crippen molar-refractivity contribution < 1.29 is 19.5 Å². The molecule has 3 N–H and O–H groups in total. The molecule has 0 aliphatic heterocycles. The van der Waals surface area contributed by atoms with Crippen LogP contribution in [-0.4, -0.2) is 53.6 Å². The van der Waals surface area contributed by atoms with Crippen LogP contribution in [0.5, 0.6) is 0 Å². The van der Waals surface area contributed by atoms with Crippen molar-refractivity contribution >= 4 is 17.9 Å². The first-order valence-corrected chi connectivity index (χ1v) is 7.30. The summed E-state index contributed by atoms with van der Waals surface area (Å²) in [6.45, 7) is 8.25. The number of nitrogens with zero attached hydrogens (tertiary/aromatic N) is 1. The Morgan fingerprint density at radius 3 is 2.29 bits per heavy atom. The molecule has 0 aliphatic carbocycles. The van der Waals surface area contributed by atoms with Crippen molar-refractivity contribution in [3.63, 3.8) is 0 Å². The highest BCUT2D eigenvalue weighted by Crippen LogP contribution is 2.04. The first-order valence-electron chi connectivity index (χ1n) is 7.30. The van der Waals surface area contributed by atoms with Gasteiger partial charge in [0.15, 0.2) is 0 Å². The van der Waals surface area contributed by atoms with E-state index in [9.17, 15) is 14.4 Å². The molecule has 3 amide bonds. The van der Waals surface area contributed by atoms with E-state index in [-0.39, 0.29) is 36.9 Å². The second-order valence-electron chi connectivity index (χ2n) is 5.46. The van der Waals surface area contributed by atoms with Gasteiger partial charge in [-0.3, -0.25) is 9.59 Å². The summed E-state index contributed by atoms with van der Waals surface area (Å²) in [7, 11) is 0. The van der Waals surface area contributed by atoms with Gasteiger partial charge in [-0.15, -0.1) is 0 Å². The highest BCUT2D eigenvalue weighted by atomic mass is 16.4. The predicted octanol–water partition coefficient (Wildman–Crippen LogP) is 1.04. The van der Waals surface area contributed by atoms with Gasteiger partial charge in [0.1, 0.15) is 6.54 Å². The molecule has 0 aromatic rings. The van der Waals surface area contributed by atoms with Crippen molar-refractivity contribution in [3.8, 4) is 0 Å². The fourth-order valence-electron chi connectivity index (χ4n) is 1.71. The van der Waals surface area contributed by atoms with Crippen molar-refractivity contribution in [1.82, 2.24) is 15.5 Å². The Hall–Kier alpha value is -1.79. The number of nitrogens with one attached hydrogen (secondary N) is 2. The Morgan fingerprint density at radius 2 is 1.81 bits per heavy atom. The van der Waals surface area contributed by atoms with Crippen molar-refractivity contribution in [1.29, 1.82) is 0 Å². The van der Waals surface area contributed by atoms with Crippen molar-refractivity contribution in [3.05, 3.63) is 0 Å². The van der Waals surface area contributed by atoms with Crippen molar-refractivity contribution in [2.45, 2.75) is 46.6 Å². The smallest absolute Gasteiger partial charge is 0.317 e. The number of amides is 3. The minimum Gasteiger partial charge on any atom is -0.481 e. The maximum atomic E-state index is 12.0. The molecule has 0 fully saturated rings. The third kappa shape index (κ3) is 9.70. The lowest BCUT2D eigenvalue weighted by Crippen LogP contribution is -2.47. The summed E-state index contributed by atoms with van der Waals surface area (Å²) in [5.41, 5.74) is 0. The van der Waals surface area contributed by atoms with Crippen LogP contribution in [0, 0.1) is 5.92 Å². The first-order chi connectivity index (χ1) is 9.76. The zero-order valence-electron chi connectivity index (χ0n) is 13.3. The Morgan fingerprint density at radius 1 is 1.19 bits per heavy atom. The van der Waals surface area contributed by atoms with Gasteiger partial charge in [-0.2, -0.15) is 0 Å². The summed E-state index contributed by atoms with van der Waals surface area (Å²) in [4.78, 5) is 35.5. The van der Waals surface area contributed by atoms with Crippen LogP contribution in [0.25, 0.3) is 0 Å². The van der Waals surface area contributed by atoms with Gasteiger partial charge in [-0.1, -0.05) is 6.92 Å². The number of hydrogen-bond donors (Lipinski definition) is 3. The average molecular weight is 301 g/mol. The minimum atomic E-state index is -0.839. The largest absolute Gasteiger partial charge is 0.481 e. The third-order valence-corrected chi connectivity index (χ3v) is 2.91. The van der Waals surface area contributed by atoms with Gasteiger partial charge in [0.2, 0.25) is 5.91 Å². The third-order valence-electron chi connectivity index (χ3n) is 2.91. The lowest BCUT2D eigenvalue weighted by atomic mass is 10.1. The molecular formula is C14H27N3O4. The van der Waals surface area contributed by atoms with Gasteiger partial charge in [0, 0.05) is 25.6 Å². The molecule has 0 aromatic carbocycles. The second kappa shape index (κ2) is 10.0. The van der Waals surface area contributed by atoms with E-state index in [2.05, 4.69) is 10.6 Å². The quantitative estimate of drug-likeness (QED) is 0.592. The molecule has 0 radical (unpaired) electrons. The average Bonchev–Trinajstić information content (AvgIpc) is 2.38. The Balaban J connectivity index is 4.15. The number of carbonyl (C=O) groups excluding carboxylic acids is 2. The number of hydrogen-bond acceptors (Lipinski definition) is 3. The lowest BCUT2D eigenvalue weighted by molar-refractivity contribution is -0.137. The van der Waals surface area contributed by atoms with Gasteiger partial charge in [-0.25, -0.2) is 4.79 Å². The van der Waals surface area contributed by atoms with E-state index in [1.807, 2.05) is 20.8 Å². The molecule has 0 aromatic heterocycles. The second-order valence-corrected chi connectivity index (χ2v) is 5.46. The predicted molar refractivity (Wildman–Crippen MR) is 80.0 cm³/mol. The van der Waals surface area contributed by atoms with E-state index < -0.39 is 5.97 Å². The summed E-state index contributed by atoms with van der Waals surface area (Å²) in [6.07, 6.45) is 0.598. The van der Waals surface area contributed by atoms with Crippen molar-refractivity contribution in [2.75, 3.05) is 19.6 Å². The number of aliphatic carboxylic acids is 1. The molecule has 0 aliphatic rings. The molecular weight excluding hydrogens is 274 g/mol. The maximum Gasteiger partial charge on any atom is 0.317 e. The molecule has 21 heavy (non-hydrogen) atoms. The topological polar surface area (TPSA) is 98.7 Å². The fourth-order valence-corrected chi connectivity index (χ4v) is 1.71. The number of carbonyl (C=O) groups is 3. The zero-order valence-corrected chi connectivity index (χ0v) is 13.3. The van der Waals surface area contributed by atoms with Gasteiger partial charge in [0.05, 0.1) is 0 Å². The van der Waals surface area contributed by atoms with Gasteiger partial charge >= 0.3 is 12.0 Å².